The van der Waals surface area contributed by atoms with E-state index in [1.54, 1.807) is 0 Å². The van der Waals surface area contributed by atoms with Crippen molar-refractivity contribution in [1.29, 1.82) is 0 Å². The molecule has 12 heavy (non-hydrogen) atoms. The molecule has 0 aromatic heterocycles. The number of rotatable bonds is 2. The van der Waals surface area contributed by atoms with Crippen molar-refractivity contribution in [2.75, 3.05) is 0 Å². The Morgan fingerprint density at radius 1 is 1.42 bits per heavy atom. The molecule has 0 radical (unpaired) electrons. The highest BCUT2D eigenvalue weighted by molar-refractivity contribution is 9.10. The van der Waals surface area contributed by atoms with E-state index in [9.17, 15) is 8.78 Å². The van der Waals surface area contributed by atoms with Crippen molar-refractivity contribution in [2.45, 2.75) is 6.61 Å². The summed E-state index contributed by atoms with van der Waals surface area (Å²) in [6.45, 7) is -2.93. The van der Waals surface area contributed by atoms with Crippen LogP contribution in [-0.2, 0) is 0 Å². The molecular formula is C7H5BrF2O2. The van der Waals surface area contributed by atoms with E-state index in [0.29, 0.717) is 4.47 Å². The fourth-order valence-electron chi connectivity index (χ4n) is 0.687. The molecule has 1 aromatic carbocycles. The van der Waals surface area contributed by atoms with Gasteiger partial charge in [-0.2, -0.15) is 8.78 Å². The van der Waals surface area contributed by atoms with Crippen molar-refractivity contribution in [1.82, 2.24) is 0 Å². The highest BCUT2D eigenvalue weighted by Gasteiger charge is 2.10. The fraction of sp³-hybridized carbons (Fsp3) is 0.143. The Labute approximate surface area is 75.9 Å². The second-order valence-corrected chi connectivity index (χ2v) is 2.82. The predicted molar refractivity (Wildman–Crippen MR) is 42.4 cm³/mol. The summed E-state index contributed by atoms with van der Waals surface area (Å²) in [7, 11) is 0. The average Bonchev–Trinajstić information content (AvgIpc) is 1.98. The van der Waals surface area contributed by atoms with Crippen molar-refractivity contribution in [2.24, 2.45) is 0 Å². The third-order valence-corrected chi connectivity index (χ3v) is 1.81. The van der Waals surface area contributed by atoms with Gasteiger partial charge in [-0.05, 0) is 28.1 Å². The molecule has 0 saturated carbocycles. The molecule has 0 amide bonds. The zero-order valence-corrected chi connectivity index (χ0v) is 7.38. The Bertz CT molecular complexity index is 278. The molecule has 0 spiro atoms. The number of halogens is 3. The number of phenolic OH excluding ortho intramolecular Hbond substituents is 1. The molecule has 1 rings (SSSR count). The number of alkyl halides is 2. The third-order valence-electron chi connectivity index (χ3n) is 1.17. The Kier molecular flexibility index (Phi) is 2.86. The van der Waals surface area contributed by atoms with Crippen LogP contribution in [0.4, 0.5) is 8.78 Å². The minimum absolute atomic E-state index is 0.237. The third kappa shape index (κ3) is 2.07. The number of benzene rings is 1. The lowest BCUT2D eigenvalue weighted by Gasteiger charge is -2.06. The summed E-state index contributed by atoms with van der Waals surface area (Å²) < 4.78 is 27.7. The zero-order chi connectivity index (χ0) is 9.14. The first-order valence-corrected chi connectivity index (χ1v) is 3.83. The predicted octanol–water partition coefficient (Wildman–Crippen LogP) is 2.76. The first kappa shape index (κ1) is 9.25. The molecule has 0 fully saturated rings. The lowest BCUT2D eigenvalue weighted by Crippen LogP contribution is -2.01. The Morgan fingerprint density at radius 3 is 2.67 bits per heavy atom. The van der Waals surface area contributed by atoms with Gasteiger partial charge >= 0.3 is 6.61 Å². The number of ether oxygens (including phenoxy) is 1. The SMILES string of the molecule is Oc1c(Br)cccc1OC(F)F. The second kappa shape index (κ2) is 3.71. The van der Waals surface area contributed by atoms with Crippen LogP contribution in [0.2, 0.25) is 0 Å². The van der Waals surface area contributed by atoms with Crippen LogP contribution in [0, 0.1) is 0 Å². The lowest BCUT2D eigenvalue weighted by atomic mass is 10.3. The summed E-state index contributed by atoms with van der Waals surface area (Å²) in [6, 6.07) is 4.27. The summed E-state index contributed by atoms with van der Waals surface area (Å²) in [6.07, 6.45) is 0. The van der Waals surface area contributed by atoms with Crippen LogP contribution < -0.4 is 4.74 Å². The highest BCUT2D eigenvalue weighted by atomic mass is 79.9. The van der Waals surface area contributed by atoms with E-state index < -0.39 is 6.61 Å². The molecule has 5 heteroatoms. The van der Waals surface area contributed by atoms with Gasteiger partial charge < -0.3 is 9.84 Å². The number of aromatic hydroxyl groups is 1. The monoisotopic (exact) mass is 238 g/mol. The van der Waals surface area contributed by atoms with Crippen LogP contribution in [-0.4, -0.2) is 11.7 Å². The van der Waals surface area contributed by atoms with Crippen LogP contribution in [0.5, 0.6) is 11.5 Å². The van der Waals surface area contributed by atoms with Crippen LogP contribution in [0.1, 0.15) is 0 Å². The summed E-state index contributed by atoms with van der Waals surface area (Å²) in [5.41, 5.74) is 0. The minimum Gasteiger partial charge on any atom is -0.503 e. The van der Waals surface area contributed by atoms with Crippen LogP contribution in [0.25, 0.3) is 0 Å². The molecule has 0 aliphatic rings. The number of para-hydroxylation sites is 1. The van der Waals surface area contributed by atoms with Gasteiger partial charge in [-0.25, -0.2) is 0 Å². The summed E-state index contributed by atoms with van der Waals surface area (Å²) in [4.78, 5) is 0. The largest absolute Gasteiger partial charge is 0.503 e. The first-order chi connectivity index (χ1) is 5.61. The maximum Gasteiger partial charge on any atom is 0.387 e. The molecule has 0 aliphatic carbocycles. The maximum atomic E-state index is 11.7. The van der Waals surface area contributed by atoms with E-state index >= 15 is 0 Å². The van der Waals surface area contributed by atoms with Gasteiger partial charge in [0.25, 0.3) is 0 Å². The van der Waals surface area contributed by atoms with Gasteiger partial charge in [-0.3, -0.25) is 0 Å². The van der Waals surface area contributed by atoms with Crippen molar-refractivity contribution >= 4 is 15.9 Å². The summed E-state index contributed by atoms with van der Waals surface area (Å²) in [5.74, 6) is -0.558. The molecule has 0 saturated heterocycles. The minimum atomic E-state index is -2.93. The van der Waals surface area contributed by atoms with Crippen molar-refractivity contribution in [3.05, 3.63) is 22.7 Å². The molecule has 1 N–H and O–H groups in total. The Balaban J connectivity index is 2.92. The lowest BCUT2D eigenvalue weighted by molar-refractivity contribution is -0.0513. The molecule has 1 aromatic rings. The van der Waals surface area contributed by atoms with E-state index in [-0.39, 0.29) is 11.5 Å². The smallest absolute Gasteiger partial charge is 0.387 e. The van der Waals surface area contributed by atoms with Gasteiger partial charge in [0.1, 0.15) is 0 Å². The Hall–Kier alpha value is -0.840. The molecule has 0 aliphatic heterocycles. The molecule has 0 bridgehead atoms. The van der Waals surface area contributed by atoms with Gasteiger partial charge in [-0.15, -0.1) is 0 Å². The molecule has 2 nitrogen and oxygen atoms in total. The molecule has 0 unspecified atom stereocenters. The molecular weight excluding hydrogens is 234 g/mol. The zero-order valence-electron chi connectivity index (χ0n) is 5.80. The van der Waals surface area contributed by atoms with Crippen LogP contribution in [0.15, 0.2) is 22.7 Å². The van der Waals surface area contributed by atoms with E-state index in [2.05, 4.69) is 20.7 Å². The van der Waals surface area contributed by atoms with Gasteiger partial charge in [0.05, 0.1) is 4.47 Å². The van der Waals surface area contributed by atoms with Crippen molar-refractivity contribution in [3.63, 3.8) is 0 Å². The van der Waals surface area contributed by atoms with Gasteiger partial charge in [0.2, 0.25) is 0 Å². The van der Waals surface area contributed by atoms with E-state index in [4.69, 9.17) is 5.11 Å². The average molecular weight is 239 g/mol. The van der Waals surface area contributed by atoms with Crippen LogP contribution in [0.3, 0.4) is 0 Å². The van der Waals surface area contributed by atoms with Gasteiger partial charge in [0.15, 0.2) is 11.5 Å². The normalized spacial score (nSPS) is 10.3. The highest BCUT2D eigenvalue weighted by Crippen LogP contribution is 2.34. The standard InChI is InChI=1S/C7H5BrF2O2/c8-4-2-1-3-5(6(4)11)12-7(9)10/h1-3,7,11H. The first-order valence-electron chi connectivity index (χ1n) is 3.03. The van der Waals surface area contributed by atoms with E-state index in [1.807, 2.05) is 0 Å². The van der Waals surface area contributed by atoms with E-state index in [1.165, 1.54) is 18.2 Å². The second-order valence-electron chi connectivity index (χ2n) is 1.97. The van der Waals surface area contributed by atoms with Crippen molar-refractivity contribution < 1.29 is 18.6 Å². The van der Waals surface area contributed by atoms with Gasteiger partial charge in [-0.1, -0.05) is 6.07 Å². The van der Waals surface area contributed by atoms with Crippen molar-refractivity contribution in [3.8, 4) is 11.5 Å². The maximum absolute atomic E-state index is 11.7. The van der Waals surface area contributed by atoms with Gasteiger partial charge in [0, 0.05) is 0 Å². The topological polar surface area (TPSA) is 29.5 Å². The fourth-order valence-corrected chi connectivity index (χ4v) is 1.03. The number of hydrogen-bond donors (Lipinski definition) is 1. The summed E-state index contributed by atoms with van der Waals surface area (Å²) >= 11 is 2.96. The number of hydrogen-bond acceptors (Lipinski definition) is 2. The Morgan fingerprint density at radius 2 is 2.08 bits per heavy atom. The molecule has 0 atom stereocenters. The molecule has 66 valence electrons. The molecule has 0 heterocycles. The van der Waals surface area contributed by atoms with Crippen LogP contribution >= 0.6 is 15.9 Å². The summed E-state index contributed by atoms with van der Waals surface area (Å²) in [5, 5.41) is 9.14. The quantitative estimate of drug-likeness (QED) is 0.859. The number of phenols is 1. The van der Waals surface area contributed by atoms with E-state index in [0.717, 1.165) is 0 Å².